The predicted molar refractivity (Wildman–Crippen MR) is 105 cm³/mol. The number of likely N-dealkylation sites (tertiary alicyclic amines) is 1. The van der Waals surface area contributed by atoms with Crippen molar-refractivity contribution in [1.29, 1.82) is 0 Å². The summed E-state index contributed by atoms with van der Waals surface area (Å²) in [6.07, 6.45) is 2.96. The van der Waals surface area contributed by atoms with Crippen molar-refractivity contribution in [2.24, 2.45) is 11.7 Å². The highest BCUT2D eigenvalue weighted by Gasteiger charge is 2.32. The van der Waals surface area contributed by atoms with Crippen molar-refractivity contribution in [2.45, 2.75) is 52.1 Å². The first kappa shape index (κ1) is 24.4. The molecule has 25 heavy (non-hydrogen) atoms. The first-order valence-electron chi connectivity index (χ1n) is 8.97. The Morgan fingerprint density at radius 2 is 1.32 bits per heavy atom. The van der Waals surface area contributed by atoms with Gasteiger partial charge in [-0.05, 0) is 32.1 Å². The van der Waals surface area contributed by atoms with Crippen molar-refractivity contribution >= 4 is 36.6 Å². The molecule has 2 aliphatic heterocycles. The van der Waals surface area contributed by atoms with E-state index in [1.807, 2.05) is 16.7 Å². The summed E-state index contributed by atoms with van der Waals surface area (Å²) < 4.78 is 0. The lowest BCUT2D eigenvalue weighted by molar-refractivity contribution is -0.138. The quantitative estimate of drug-likeness (QED) is 0.761. The van der Waals surface area contributed by atoms with E-state index in [1.165, 1.54) is 0 Å². The van der Waals surface area contributed by atoms with Crippen LogP contribution in [0.1, 0.15) is 40.0 Å². The lowest BCUT2D eigenvalue weighted by Gasteiger charge is -2.39. The SMILES string of the molecule is CC(C)C[C@H](N)C(=O)N1CCN(C(C)C(=O)N2CCCC2)CC1.Cl.Cl. The number of hydrogen-bond acceptors (Lipinski definition) is 4. The second kappa shape index (κ2) is 11.2. The van der Waals surface area contributed by atoms with Gasteiger partial charge < -0.3 is 15.5 Å². The zero-order valence-corrected chi connectivity index (χ0v) is 17.3. The minimum Gasteiger partial charge on any atom is -0.341 e. The monoisotopic (exact) mass is 396 g/mol. The molecule has 0 spiro atoms. The standard InChI is InChI=1S/C17H32N4O2.2ClH/c1-13(2)12-15(18)17(23)21-10-8-19(9-11-21)14(3)16(22)20-6-4-5-7-20;;/h13-15H,4-12,18H2,1-3H3;2*1H/t14?,15-;;/m0../s1. The fourth-order valence-electron chi connectivity index (χ4n) is 3.53. The molecule has 2 fully saturated rings. The lowest BCUT2D eigenvalue weighted by Crippen LogP contribution is -2.57. The summed E-state index contributed by atoms with van der Waals surface area (Å²) in [7, 11) is 0. The zero-order valence-electron chi connectivity index (χ0n) is 15.6. The second-order valence-electron chi connectivity index (χ2n) is 7.31. The molecule has 0 aromatic rings. The summed E-state index contributed by atoms with van der Waals surface area (Å²) in [6.45, 7) is 10.8. The van der Waals surface area contributed by atoms with E-state index in [4.69, 9.17) is 5.73 Å². The van der Waals surface area contributed by atoms with E-state index in [9.17, 15) is 9.59 Å². The average Bonchev–Trinajstić information content (AvgIpc) is 3.06. The fourth-order valence-corrected chi connectivity index (χ4v) is 3.53. The van der Waals surface area contributed by atoms with Crippen LogP contribution in [0.25, 0.3) is 0 Å². The van der Waals surface area contributed by atoms with E-state index in [0.29, 0.717) is 19.0 Å². The second-order valence-corrected chi connectivity index (χ2v) is 7.31. The number of piperazine rings is 1. The molecule has 0 bridgehead atoms. The van der Waals surface area contributed by atoms with E-state index in [-0.39, 0.29) is 42.7 Å². The molecule has 6 nitrogen and oxygen atoms in total. The topological polar surface area (TPSA) is 69.9 Å². The van der Waals surface area contributed by atoms with Gasteiger partial charge in [-0.15, -0.1) is 24.8 Å². The highest BCUT2D eigenvalue weighted by molar-refractivity contribution is 5.85. The Morgan fingerprint density at radius 1 is 0.840 bits per heavy atom. The predicted octanol–water partition coefficient (Wildman–Crippen LogP) is 1.36. The molecular formula is C17H34Cl2N4O2. The third-order valence-electron chi connectivity index (χ3n) is 4.99. The van der Waals surface area contributed by atoms with Crippen molar-refractivity contribution < 1.29 is 9.59 Å². The summed E-state index contributed by atoms with van der Waals surface area (Å²) >= 11 is 0. The molecule has 1 unspecified atom stereocenters. The highest BCUT2D eigenvalue weighted by Crippen LogP contribution is 2.15. The fraction of sp³-hybridized carbons (Fsp3) is 0.882. The van der Waals surface area contributed by atoms with Gasteiger partial charge >= 0.3 is 0 Å². The molecule has 0 radical (unpaired) electrons. The maximum Gasteiger partial charge on any atom is 0.239 e. The first-order chi connectivity index (χ1) is 10.9. The average molecular weight is 397 g/mol. The number of carbonyl (C=O) groups excluding carboxylic acids is 2. The van der Waals surface area contributed by atoms with E-state index in [1.54, 1.807) is 0 Å². The van der Waals surface area contributed by atoms with Gasteiger partial charge in [-0.25, -0.2) is 0 Å². The molecule has 2 aliphatic rings. The Balaban J connectivity index is 0.00000288. The minimum absolute atomic E-state index is 0. The first-order valence-corrected chi connectivity index (χ1v) is 8.97. The van der Waals surface area contributed by atoms with Crippen LogP contribution in [0.2, 0.25) is 0 Å². The Kier molecular flexibility index (Phi) is 11.0. The van der Waals surface area contributed by atoms with Crippen molar-refractivity contribution in [3.05, 3.63) is 0 Å². The van der Waals surface area contributed by atoms with Gasteiger partial charge in [0.15, 0.2) is 0 Å². The summed E-state index contributed by atoms with van der Waals surface area (Å²) in [6, 6.07) is -0.486. The molecule has 0 aromatic heterocycles. The molecule has 0 aromatic carbocycles. The maximum atomic E-state index is 12.5. The van der Waals surface area contributed by atoms with Gasteiger partial charge in [-0.3, -0.25) is 14.5 Å². The molecule has 2 amide bonds. The van der Waals surface area contributed by atoms with Crippen LogP contribution in [0.4, 0.5) is 0 Å². The van der Waals surface area contributed by atoms with Crippen LogP contribution in [0.15, 0.2) is 0 Å². The largest absolute Gasteiger partial charge is 0.341 e. The van der Waals surface area contributed by atoms with Gasteiger partial charge in [0.25, 0.3) is 0 Å². The van der Waals surface area contributed by atoms with E-state index < -0.39 is 6.04 Å². The van der Waals surface area contributed by atoms with Crippen LogP contribution >= 0.6 is 24.8 Å². The van der Waals surface area contributed by atoms with E-state index in [0.717, 1.165) is 45.4 Å². The van der Waals surface area contributed by atoms with Crippen molar-refractivity contribution in [3.63, 3.8) is 0 Å². The molecule has 2 heterocycles. The van der Waals surface area contributed by atoms with Gasteiger partial charge in [0.2, 0.25) is 11.8 Å². The smallest absolute Gasteiger partial charge is 0.239 e. The van der Waals surface area contributed by atoms with Crippen LogP contribution in [0.5, 0.6) is 0 Å². The third-order valence-corrected chi connectivity index (χ3v) is 4.99. The molecule has 0 saturated carbocycles. The van der Waals surface area contributed by atoms with Gasteiger partial charge in [0.05, 0.1) is 12.1 Å². The number of rotatable bonds is 5. The Labute approximate surface area is 164 Å². The van der Waals surface area contributed by atoms with Crippen LogP contribution < -0.4 is 5.73 Å². The molecular weight excluding hydrogens is 363 g/mol. The Bertz CT molecular complexity index is 423. The molecule has 2 atom stereocenters. The third kappa shape index (κ3) is 6.59. The van der Waals surface area contributed by atoms with Crippen LogP contribution in [-0.2, 0) is 9.59 Å². The molecule has 148 valence electrons. The van der Waals surface area contributed by atoms with Crippen LogP contribution in [0.3, 0.4) is 0 Å². The Hall–Kier alpha value is -0.560. The molecule has 0 aliphatic carbocycles. The minimum atomic E-state index is -0.398. The summed E-state index contributed by atoms with van der Waals surface area (Å²) in [5.41, 5.74) is 6.01. The number of hydrogen-bond donors (Lipinski definition) is 1. The highest BCUT2D eigenvalue weighted by atomic mass is 35.5. The van der Waals surface area contributed by atoms with E-state index in [2.05, 4.69) is 18.7 Å². The van der Waals surface area contributed by atoms with Crippen molar-refractivity contribution in [3.8, 4) is 0 Å². The molecule has 2 rings (SSSR count). The number of carbonyl (C=O) groups is 2. The number of nitrogens with zero attached hydrogens (tertiary/aromatic N) is 3. The van der Waals surface area contributed by atoms with Crippen LogP contribution in [-0.4, -0.2) is 77.9 Å². The van der Waals surface area contributed by atoms with Crippen LogP contribution in [0, 0.1) is 5.92 Å². The maximum absolute atomic E-state index is 12.5. The van der Waals surface area contributed by atoms with Gasteiger partial charge in [-0.2, -0.15) is 0 Å². The van der Waals surface area contributed by atoms with Gasteiger partial charge in [0.1, 0.15) is 0 Å². The number of amides is 2. The van der Waals surface area contributed by atoms with Gasteiger partial charge in [-0.1, -0.05) is 13.8 Å². The molecule has 2 saturated heterocycles. The van der Waals surface area contributed by atoms with Gasteiger partial charge in [0, 0.05) is 39.3 Å². The van der Waals surface area contributed by atoms with Crippen molar-refractivity contribution in [2.75, 3.05) is 39.3 Å². The zero-order chi connectivity index (χ0) is 17.0. The lowest BCUT2D eigenvalue weighted by atomic mass is 10.0. The normalized spacial score (nSPS) is 20.7. The Morgan fingerprint density at radius 3 is 1.80 bits per heavy atom. The van der Waals surface area contributed by atoms with Crippen molar-refractivity contribution in [1.82, 2.24) is 14.7 Å². The number of nitrogens with two attached hydrogens (primary N) is 1. The molecule has 8 heteroatoms. The number of halogens is 2. The summed E-state index contributed by atoms with van der Waals surface area (Å²) in [4.78, 5) is 30.9. The summed E-state index contributed by atoms with van der Waals surface area (Å²) in [5, 5.41) is 0. The summed E-state index contributed by atoms with van der Waals surface area (Å²) in [5.74, 6) is 0.712. The molecule has 2 N–H and O–H groups in total. The van der Waals surface area contributed by atoms with E-state index >= 15 is 0 Å².